The van der Waals surface area contributed by atoms with Gasteiger partial charge in [0.15, 0.2) is 0 Å². The summed E-state index contributed by atoms with van der Waals surface area (Å²) in [5.41, 5.74) is -0.777. The smallest absolute Gasteiger partial charge is 0.410 e. The van der Waals surface area contributed by atoms with Gasteiger partial charge in [-0.2, -0.15) is 4.72 Å². The third-order valence-corrected chi connectivity index (χ3v) is 6.31. The second-order valence-electron chi connectivity index (χ2n) is 8.28. The van der Waals surface area contributed by atoms with E-state index >= 15 is 0 Å². The zero-order valence-corrected chi connectivity index (χ0v) is 19.4. The van der Waals surface area contributed by atoms with Crippen LogP contribution in [0.2, 0.25) is 0 Å². The molecule has 1 saturated heterocycles. The number of amides is 2. The van der Waals surface area contributed by atoms with Crippen LogP contribution in [0.25, 0.3) is 0 Å². The highest BCUT2D eigenvalue weighted by Crippen LogP contribution is 2.27. The molecule has 0 bridgehead atoms. The quantitative estimate of drug-likeness (QED) is 0.329. The van der Waals surface area contributed by atoms with E-state index in [4.69, 9.17) is 9.47 Å². The molecule has 10 nitrogen and oxygen atoms in total. The molecule has 32 heavy (non-hydrogen) atoms. The molecule has 11 heteroatoms. The van der Waals surface area contributed by atoms with E-state index in [1.807, 2.05) is 0 Å². The summed E-state index contributed by atoms with van der Waals surface area (Å²) in [6.07, 6.45) is -0.648. The molecule has 0 unspecified atom stereocenters. The molecule has 1 fully saturated rings. The number of carbonyl (C=O) groups is 2. The van der Waals surface area contributed by atoms with E-state index in [1.165, 1.54) is 34.6 Å². The number of hydroxylamine groups is 1. The first-order chi connectivity index (χ1) is 14.9. The number of ether oxygens (including phenoxy) is 2. The van der Waals surface area contributed by atoms with Crippen LogP contribution in [0.5, 0.6) is 5.75 Å². The van der Waals surface area contributed by atoms with Crippen molar-refractivity contribution in [1.82, 2.24) is 15.1 Å². The third-order valence-electron chi connectivity index (χ3n) is 4.76. The van der Waals surface area contributed by atoms with Crippen LogP contribution in [0, 0.1) is 11.8 Å². The van der Waals surface area contributed by atoms with Gasteiger partial charge in [0.05, 0.1) is 4.90 Å². The number of hydrogen-bond donors (Lipinski definition) is 3. The van der Waals surface area contributed by atoms with Gasteiger partial charge in [0.1, 0.15) is 23.5 Å². The van der Waals surface area contributed by atoms with Gasteiger partial charge in [-0.1, -0.05) is 5.92 Å². The Morgan fingerprint density at radius 2 is 1.78 bits per heavy atom. The molecule has 3 N–H and O–H groups in total. The summed E-state index contributed by atoms with van der Waals surface area (Å²) in [7, 11) is -4.12. The van der Waals surface area contributed by atoms with Crippen molar-refractivity contribution >= 4 is 22.0 Å². The third kappa shape index (κ3) is 6.59. The summed E-state index contributed by atoms with van der Waals surface area (Å²) < 4.78 is 39.0. The predicted molar refractivity (Wildman–Crippen MR) is 115 cm³/mol. The van der Waals surface area contributed by atoms with E-state index in [0.717, 1.165) is 0 Å². The lowest BCUT2D eigenvalue weighted by Crippen LogP contribution is -2.63. The van der Waals surface area contributed by atoms with Crippen molar-refractivity contribution in [2.24, 2.45) is 0 Å². The van der Waals surface area contributed by atoms with Gasteiger partial charge >= 0.3 is 6.09 Å². The fourth-order valence-corrected chi connectivity index (χ4v) is 4.53. The van der Waals surface area contributed by atoms with Crippen molar-refractivity contribution in [3.05, 3.63) is 24.3 Å². The highest BCUT2D eigenvalue weighted by Gasteiger charge is 2.46. The van der Waals surface area contributed by atoms with Crippen molar-refractivity contribution in [2.75, 3.05) is 19.7 Å². The molecule has 1 aromatic rings. The fraction of sp³-hybridized carbons (Fsp3) is 0.524. The Kier molecular flexibility index (Phi) is 8.12. The number of nitrogens with zero attached hydrogens (tertiary/aromatic N) is 1. The lowest BCUT2D eigenvalue weighted by atomic mass is 9.88. The Balaban J connectivity index is 2.16. The van der Waals surface area contributed by atoms with E-state index in [0.29, 0.717) is 5.75 Å². The van der Waals surface area contributed by atoms with Crippen molar-refractivity contribution < 1.29 is 32.7 Å². The summed E-state index contributed by atoms with van der Waals surface area (Å²) in [6, 6.07) is 5.65. The molecule has 2 rings (SSSR count). The molecule has 176 valence electrons. The van der Waals surface area contributed by atoms with Crippen molar-refractivity contribution in [3.63, 3.8) is 0 Å². The second-order valence-corrected chi connectivity index (χ2v) is 9.97. The molecule has 1 heterocycles. The van der Waals surface area contributed by atoms with Gasteiger partial charge in [-0.15, -0.1) is 5.92 Å². The van der Waals surface area contributed by atoms with Gasteiger partial charge in [0.25, 0.3) is 5.91 Å². The molecule has 0 atom stereocenters. The summed E-state index contributed by atoms with van der Waals surface area (Å²) in [5, 5.41) is 9.22. The minimum Gasteiger partial charge on any atom is -0.481 e. The normalized spacial score (nSPS) is 15.8. The molecule has 0 aromatic heterocycles. The number of carbonyl (C=O) groups excluding carboxylic acids is 2. The average molecular weight is 468 g/mol. The summed E-state index contributed by atoms with van der Waals surface area (Å²) in [5.74, 6) is 4.97. The monoisotopic (exact) mass is 467 g/mol. The maximum Gasteiger partial charge on any atom is 0.410 e. The molecule has 1 aliphatic rings. The highest BCUT2D eigenvalue weighted by atomic mass is 32.2. The Hall–Kier alpha value is -2.81. The van der Waals surface area contributed by atoms with Gasteiger partial charge in [-0.3, -0.25) is 10.0 Å². The van der Waals surface area contributed by atoms with Crippen LogP contribution in [-0.2, 0) is 19.6 Å². The van der Waals surface area contributed by atoms with E-state index in [2.05, 4.69) is 16.6 Å². The predicted octanol–water partition coefficient (Wildman–Crippen LogP) is 1.64. The van der Waals surface area contributed by atoms with Gasteiger partial charge in [0.2, 0.25) is 10.0 Å². The molecular formula is C21H29N3O7S. The minimum atomic E-state index is -4.12. The van der Waals surface area contributed by atoms with Gasteiger partial charge < -0.3 is 14.4 Å². The van der Waals surface area contributed by atoms with Crippen LogP contribution in [0.1, 0.15) is 40.5 Å². The minimum absolute atomic E-state index is 0.0469. The lowest BCUT2D eigenvalue weighted by Gasteiger charge is -2.40. The Labute approximate surface area is 188 Å². The SMILES string of the molecule is CC#CCOc1ccc(S(=O)(=O)NC2(C(=O)NO)CCN(C(=O)OC(C)(C)C)CC2)cc1. The zero-order valence-electron chi connectivity index (χ0n) is 18.6. The van der Waals surface area contributed by atoms with Gasteiger partial charge in [-0.25, -0.2) is 18.7 Å². The number of nitrogens with one attached hydrogen (secondary N) is 2. The molecule has 0 saturated carbocycles. The number of hydrogen-bond acceptors (Lipinski definition) is 7. The lowest BCUT2D eigenvalue weighted by molar-refractivity contribution is -0.137. The first-order valence-corrected chi connectivity index (χ1v) is 11.5. The summed E-state index contributed by atoms with van der Waals surface area (Å²) in [4.78, 5) is 26.1. The molecule has 0 aliphatic carbocycles. The van der Waals surface area contributed by atoms with Gasteiger partial charge in [-0.05, 0) is 64.8 Å². The molecule has 2 amide bonds. The van der Waals surface area contributed by atoms with E-state index in [9.17, 15) is 23.2 Å². The second kappa shape index (κ2) is 10.2. The number of likely N-dealkylation sites (tertiary alicyclic amines) is 1. The van der Waals surface area contributed by atoms with Crippen LogP contribution in [0.3, 0.4) is 0 Å². The number of rotatable bonds is 6. The zero-order chi connectivity index (χ0) is 24.0. The Bertz CT molecular complexity index is 981. The first-order valence-electron chi connectivity index (χ1n) is 10.0. The summed E-state index contributed by atoms with van der Waals surface area (Å²) in [6.45, 7) is 7.20. The molecule has 1 aromatic carbocycles. The molecular weight excluding hydrogens is 438 g/mol. The largest absolute Gasteiger partial charge is 0.481 e. The fourth-order valence-electron chi connectivity index (χ4n) is 3.10. The van der Waals surface area contributed by atoms with Crippen LogP contribution in [0.4, 0.5) is 4.79 Å². The van der Waals surface area contributed by atoms with Crippen molar-refractivity contribution in [3.8, 4) is 17.6 Å². The maximum atomic E-state index is 13.0. The Morgan fingerprint density at radius 3 is 2.28 bits per heavy atom. The first kappa shape index (κ1) is 25.5. The van der Waals surface area contributed by atoms with Crippen LogP contribution >= 0.6 is 0 Å². The van der Waals surface area contributed by atoms with Crippen molar-refractivity contribution in [1.29, 1.82) is 0 Å². The maximum absolute atomic E-state index is 13.0. The molecule has 0 spiro atoms. The number of benzene rings is 1. The molecule has 1 aliphatic heterocycles. The van der Waals surface area contributed by atoms with Crippen LogP contribution in [-0.4, -0.2) is 61.4 Å². The van der Waals surface area contributed by atoms with E-state index in [-0.39, 0.29) is 37.4 Å². The van der Waals surface area contributed by atoms with Crippen LogP contribution in [0.15, 0.2) is 29.2 Å². The van der Waals surface area contributed by atoms with E-state index in [1.54, 1.807) is 27.7 Å². The average Bonchev–Trinajstić information content (AvgIpc) is 2.72. The number of piperidine rings is 1. The van der Waals surface area contributed by atoms with Gasteiger partial charge in [0, 0.05) is 13.1 Å². The highest BCUT2D eigenvalue weighted by molar-refractivity contribution is 7.89. The summed E-state index contributed by atoms with van der Waals surface area (Å²) >= 11 is 0. The molecule has 0 radical (unpaired) electrons. The topological polar surface area (TPSA) is 134 Å². The van der Waals surface area contributed by atoms with E-state index < -0.39 is 33.2 Å². The number of sulfonamides is 1. The Morgan fingerprint density at radius 1 is 1.19 bits per heavy atom. The standard InChI is InChI=1S/C21H29N3O7S/c1-5-6-15-30-16-7-9-17(10-8-16)32(28,29)23-21(18(25)22-27)11-13-24(14-12-21)19(26)31-20(2,3)4/h7-10,23,27H,11-15H2,1-4H3,(H,22,25). The van der Waals surface area contributed by atoms with Crippen LogP contribution < -0.4 is 14.9 Å². The van der Waals surface area contributed by atoms with Crippen molar-refractivity contribution in [2.45, 2.75) is 56.6 Å².